The Balaban J connectivity index is 1.91. The number of fused-ring (bicyclic) bond motifs is 1. The summed E-state index contributed by atoms with van der Waals surface area (Å²) in [7, 11) is 1.27. The lowest BCUT2D eigenvalue weighted by atomic mass is 9.88. The van der Waals surface area contributed by atoms with E-state index in [4.69, 9.17) is 4.74 Å². The molecule has 0 bridgehead atoms. The van der Waals surface area contributed by atoms with Gasteiger partial charge in [-0.15, -0.1) is 0 Å². The molecule has 8 heteroatoms. The second-order valence-corrected chi connectivity index (χ2v) is 7.77. The maximum absolute atomic E-state index is 13.6. The number of aryl methyl sites for hydroxylation is 1. The molecule has 1 aliphatic rings. The summed E-state index contributed by atoms with van der Waals surface area (Å²) in [4.78, 5) is 26.3. The first-order valence-corrected chi connectivity index (χ1v) is 9.99. The second-order valence-electron chi connectivity index (χ2n) is 7.77. The van der Waals surface area contributed by atoms with Crippen LogP contribution in [-0.2, 0) is 9.53 Å². The van der Waals surface area contributed by atoms with Crippen LogP contribution in [0.1, 0.15) is 52.9 Å². The van der Waals surface area contributed by atoms with Crippen LogP contribution in [-0.4, -0.2) is 39.1 Å². The fourth-order valence-electron chi connectivity index (χ4n) is 3.62. The van der Waals surface area contributed by atoms with Gasteiger partial charge in [-0.3, -0.25) is 4.79 Å². The Labute approximate surface area is 179 Å². The Bertz CT molecular complexity index is 1160. The van der Waals surface area contributed by atoms with Crippen molar-refractivity contribution in [3.63, 3.8) is 0 Å². The highest BCUT2D eigenvalue weighted by molar-refractivity contribution is 6.14. The van der Waals surface area contributed by atoms with Crippen LogP contribution in [0.3, 0.4) is 0 Å². The summed E-state index contributed by atoms with van der Waals surface area (Å²) >= 11 is 0. The molecule has 0 saturated carbocycles. The number of allylic oxidation sites excluding steroid dienone is 1. The van der Waals surface area contributed by atoms with E-state index in [9.17, 15) is 9.59 Å². The monoisotopic (exact) mass is 417 g/mol. The Hall–Kier alpha value is -3.81. The number of carbonyl (C=O) groups is 2. The van der Waals surface area contributed by atoms with Crippen molar-refractivity contribution >= 4 is 17.7 Å². The second kappa shape index (κ2) is 8.14. The number of ether oxygens (including phenoxy) is 1. The quantitative estimate of drug-likeness (QED) is 0.501. The van der Waals surface area contributed by atoms with Gasteiger partial charge in [0, 0.05) is 5.56 Å². The zero-order chi connectivity index (χ0) is 22.1. The zero-order valence-electron chi connectivity index (χ0n) is 17.8. The van der Waals surface area contributed by atoms with Crippen LogP contribution >= 0.6 is 0 Å². The maximum Gasteiger partial charge on any atom is 0.355 e. The van der Waals surface area contributed by atoms with E-state index in [0.29, 0.717) is 11.5 Å². The molecule has 31 heavy (non-hydrogen) atoms. The molecule has 158 valence electrons. The number of hydrogen-bond donors (Lipinski definition) is 1. The van der Waals surface area contributed by atoms with Gasteiger partial charge in [-0.2, -0.15) is 4.68 Å². The summed E-state index contributed by atoms with van der Waals surface area (Å²) in [5, 5.41) is 14.7. The third kappa shape index (κ3) is 3.72. The van der Waals surface area contributed by atoms with Gasteiger partial charge in [-0.25, -0.2) is 4.79 Å². The predicted octanol–water partition coefficient (Wildman–Crippen LogP) is 3.43. The number of esters is 1. The first-order valence-electron chi connectivity index (χ1n) is 9.99. The summed E-state index contributed by atoms with van der Waals surface area (Å²) in [6.45, 7) is 6.17. The van der Waals surface area contributed by atoms with E-state index in [1.807, 2.05) is 43.3 Å². The molecule has 0 radical (unpaired) electrons. The molecule has 2 aromatic carbocycles. The fourth-order valence-corrected chi connectivity index (χ4v) is 3.62. The van der Waals surface area contributed by atoms with Crippen molar-refractivity contribution in [3.05, 3.63) is 82.1 Å². The molecule has 2 heterocycles. The lowest BCUT2D eigenvalue weighted by molar-refractivity contribution is -0.136. The first-order chi connectivity index (χ1) is 14.9. The number of benzene rings is 2. The summed E-state index contributed by atoms with van der Waals surface area (Å²) < 4.78 is 6.47. The van der Waals surface area contributed by atoms with Gasteiger partial charge in [0.15, 0.2) is 5.78 Å². The largest absolute Gasteiger partial charge is 0.464 e. The van der Waals surface area contributed by atoms with Crippen LogP contribution in [0, 0.1) is 6.92 Å². The standard InChI is InChI=1S/C23H23N5O3/c1-13(2)15-9-11-16(12-10-15)20-18(21(29)17-7-5-14(3)6-8-17)19(22(30)31-4)24-23-25-26-27-28(20)23/h5-13,20H,1-4H3,(H,24,25,27). The molecule has 1 N–H and O–H groups in total. The third-order valence-electron chi connectivity index (χ3n) is 5.38. The maximum atomic E-state index is 13.6. The molecule has 0 spiro atoms. The Morgan fingerprint density at radius 2 is 1.74 bits per heavy atom. The van der Waals surface area contributed by atoms with Crippen LogP contribution < -0.4 is 5.32 Å². The molecule has 0 amide bonds. The van der Waals surface area contributed by atoms with Gasteiger partial charge in [-0.05, 0) is 34.4 Å². The number of Topliss-reactive ketones (excluding diaryl/α,β-unsaturated/α-hetero) is 1. The number of carbonyl (C=O) groups excluding carboxylic acids is 2. The molecule has 4 rings (SSSR count). The minimum absolute atomic E-state index is 0.0355. The Morgan fingerprint density at radius 3 is 2.35 bits per heavy atom. The van der Waals surface area contributed by atoms with Crippen molar-refractivity contribution in [2.75, 3.05) is 12.4 Å². The molecule has 1 aliphatic heterocycles. The molecule has 0 saturated heterocycles. The normalized spacial score (nSPS) is 15.5. The number of ketones is 1. The van der Waals surface area contributed by atoms with Gasteiger partial charge in [0.05, 0.1) is 12.7 Å². The molecule has 1 atom stereocenters. The summed E-state index contributed by atoms with van der Waals surface area (Å²) in [6, 6.07) is 14.4. The first kappa shape index (κ1) is 20.5. The Kier molecular flexibility index (Phi) is 5.37. The highest BCUT2D eigenvalue weighted by Gasteiger charge is 2.38. The minimum atomic E-state index is -0.685. The third-order valence-corrected chi connectivity index (χ3v) is 5.38. The van der Waals surface area contributed by atoms with Gasteiger partial charge >= 0.3 is 5.97 Å². The molecular weight excluding hydrogens is 394 g/mol. The van der Waals surface area contributed by atoms with Crippen molar-refractivity contribution in [1.29, 1.82) is 0 Å². The number of hydrogen-bond acceptors (Lipinski definition) is 7. The van der Waals surface area contributed by atoms with Crippen molar-refractivity contribution in [2.45, 2.75) is 32.7 Å². The van der Waals surface area contributed by atoms with Gasteiger partial charge < -0.3 is 10.1 Å². The molecule has 1 aromatic heterocycles. The van der Waals surface area contributed by atoms with Gasteiger partial charge in [-0.1, -0.05) is 73.0 Å². The average Bonchev–Trinajstić information content (AvgIpc) is 3.25. The summed E-state index contributed by atoms with van der Waals surface area (Å²) in [6.07, 6.45) is 0. The zero-order valence-corrected chi connectivity index (χ0v) is 17.8. The topological polar surface area (TPSA) is 99.0 Å². The molecule has 3 aromatic rings. The predicted molar refractivity (Wildman–Crippen MR) is 115 cm³/mol. The van der Waals surface area contributed by atoms with Crippen molar-refractivity contribution < 1.29 is 14.3 Å². The SMILES string of the molecule is COC(=O)C1=C(C(=O)c2ccc(C)cc2)C(c2ccc(C(C)C)cc2)n2nnnc2N1. The van der Waals surface area contributed by atoms with E-state index >= 15 is 0 Å². The number of tetrazole rings is 1. The van der Waals surface area contributed by atoms with E-state index < -0.39 is 12.0 Å². The van der Waals surface area contributed by atoms with Crippen LogP contribution in [0.15, 0.2) is 59.8 Å². The van der Waals surface area contributed by atoms with Crippen molar-refractivity contribution in [2.24, 2.45) is 0 Å². The van der Waals surface area contributed by atoms with E-state index in [1.165, 1.54) is 17.4 Å². The van der Waals surface area contributed by atoms with E-state index in [1.54, 1.807) is 12.1 Å². The highest BCUT2D eigenvalue weighted by atomic mass is 16.5. The fraction of sp³-hybridized carbons (Fsp3) is 0.261. The number of rotatable bonds is 5. The number of nitrogens with zero attached hydrogens (tertiary/aromatic N) is 4. The van der Waals surface area contributed by atoms with Gasteiger partial charge in [0.25, 0.3) is 0 Å². The number of nitrogens with one attached hydrogen (secondary N) is 1. The van der Waals surface area contributed by atoms with E-state index in [-0.39, 0.29) is 23.0 Å². The Morgan fingerprint density at radius 1 is 1.06 bits per heavy atom. The van der Waals surface area contributed by atoms with Crippen LogP contribution in [0.5, 0.6) is 0 Å². The highest BCUT2D eigenvalue weighted by Crippen LogP contribution is 2.37. The molecule has 8 nitrogen and oxygen atoms in total. The minimum Gasteiger partial charge on any atom is -0.464 e. The van der Waals surface area contributed by atoms with Crippen LogP contribution in [0.2, 0.25) is 0 Å². The smallest absolute Gasteiger partial charge is 0.355 e. The van der Waals surface area contributed by atoms with E-state index in [2.05, 4.69) is 34.7 Å². The molecule has 0 aliphatic carbocycles. The van der Waals surface area contributed by atoms with E-state index in [0.717, 1.165) is 11.1 Å². The van der Waals surface area contributed by atoms with Gasteiger partial charge in [0.1, 0.15) is 11.7 Å². The van der Waals surface area contributed by atoms with Crippen LogP contribution in [0.25, 0.3) is 0 Å². The van der Waals surface area contributed by atoms with Crippen molar-refractivity contribution in [3.8, 4) is 0 Å². The number of methoxy groups -OCH3 is 1. The number of anilines is 1. The summed E-state index contributed by atoms with van der Waals surface area (Å²) in [5.74, 6) is -0.334. The molecule has 0 fully saturated rings. The number of aromatic nitrogens is 4. The van der Waals surface area contributed by atoms with Gasteiger partial charge in [0.2, 0.25) is 5.95 Å². The molecular formula is C23H23N5O3. The van der Waals surface area contributed by atoms with Crippen molar-refractivity contribution in [1.82, 2.24) is 20.2 Å². The van der Waals surface area contributed by atoms with Crippen LogP contribution in [0.4, 0.5) is 5.95 Å². The lowest BCUT2D eigenvalue weighted by Gasteiger charge is -2.28. The lowest BCUT2D eigenvalue weighted by Crippen LogP contribution is -2.33. The average molecular weight is 417 g/mol. The summed E-state index contributed by atoms with van der Waals surface area (Å²) in [5.41, 5.74) is 3.71. The molecule has 1 unspecified atom stereocenters.